The predicted octanol–water partition coefficient (Wildman–Crippen LogP) is 8.67. The molecule has 0 atom stereocenters. The van der Waals surface area contributed by atoms with Crippen molar-refractivity contribution in [3.05, 3.63) is 94.1 Å². The van der Waals surface area contributed by atoms with Crippen molar-refractivity contribution in [2.24, 2.45) is 0 Å². The van der Waals surface area contributed by atoms with Crippen molar-refractivity contribution in [1.82, 2.24) is 0 Å². The Morgan fingerprint density at radius 1 is 0.714 bits per heavy atom. The van der Waals surface area contributed by atoms with E-state index in [-0.39, 0.29) is 29.8 Å². The summed E-state index contributed by atoms with van der Waals surface area (Å²) in [6, 6.07) is 14.0. The molecule has 0 amide bonds. The lowest BCUT2D eigenvalue weighted by Crippen LogP contribution is -2.22. The van der Waals surface area contributed by atoms with Gasteiger partial charge in [0.25, 0.3) is 0 Å². The molecule has 0 aliphatic heterocycles. The van der Waals surface area contributed by atoms with E-state index in [1.165, 1.54) is 0 Å². The second-order valence-electron chi connectivity index (χ2n) is 9.43. The van der Waals surface area contributed by atoms with Gasteiger partial charge in [-0.1, -0.05) is 68.8 Å². The minimum absolute atomic E-state index is 0.0259. The van der Waals surface area contributed by atoms with Crippen LogP contribution >= 0.6 is 0 Å². The summed E-state index contributed by atoms with van der Waals surface area (Å²) >= 11 is 0. The molecular formula is C30H32F4O. The zero-order valence-electron chi connectivity index (χ0n) is 20.4. The van der Waals surface area contributed by atoms with Gasteiger partial charge in [0.1, 0.15) is 0 Å². The molecule has 0 radical (unpaired) electrons. The fourth-order valence-electron chi connectivity index (χ4n) is 4.97. The molecule has 1 aliphatic rings. The number of rotatable bonds is 8. The first-order valence-corrected chi connectivity index (χ1v) is 12.6. The van der Waals surface area contributed by atoms with Crippen molar-refractivity contribution in [1.29, 1.82) is 0 Å². The number of halogens is 4. The zero-order chi connectivity index (χ0) is 24.9. The summed E-state index contributed by atoms with van der Waals surface area (Å²) in [4.78, 5) is 0. The van der Waals surface area contributed by atoms with Gasteiger partial charge in [-0.3, -0.25) is 0 Å². The summed E-state index contributed by atoms with van der Waals surface area (Å²) in [5.74, 6) is -3.29. The molecule has 1 fully saturated rings. The molecule has 1 nitrogen and oxygen atoms in total. The van der Waals surface area contributed by atoms with Crippen LogP contribution in [-0.2, 0) is 24.2 Å². The lowest BCUT2D eigenvalue weighted by molar-refractivity contribution is 0.0116. The topological polar surface area (TPSA) is 9.23 Å². The Bertz CT molecular complexity index is 1150. The van der Waals surface area contributed by atoms with Crippen molar-refractivity contribution in [3.8, 4) is 11.1 Å². The van der Waals surface area contributed by atoms with Crippen LogP contribution in [0.3, 0.4) is 0 Å². The first-order chi connectivity index (χ1) is 16.9. The van der Waals surface area contributed by atoms with Crippen LogP contribution in [0.25, 0.3) is 11.1 Å². The normalized spacial score (nSPS) is 18.1. The Morgan fingerprint density at radius 2 is 1.37 bits per heavy atom. The molecule has 5 heteroatoms. The monoisotopic (exact) mass is 484 g/mol. The maximum absolute atomic E-state index is 14.8. The minimum atomic E-state index is -0.888. The maximum Gasteiger partial charge on any atom is 0.167 e. The van der Waals surface area contributed by atoms with Crippen LogP contribution < -0.4 is 0 Å². The highest BCUT2D eigenvalue weighted by atomic mass is 19.2. The summed E-state index contributed by atoms with van der Waals surface area (Å²) in [5, 5.41) is 0. The third-order valence-electron chi connectivity index (χ3n) is 7.14. The molecule has 3 aromatic carbocycles. The Balaban J connectivity index is 1.36. The Morgan fingerprint density at radius 3 is 2.03 bits per heavy atom. The van der Waals surface area contributed by atoms with Gasteiger partial charge < -0.3 is 4.74 Å². The maximum atomic E-state index is 14.8. The molecule has 1 saturated carbocycles. The first kappa shape index (κ1) is 25.4. The van der Waals surface area contributed by atoms with Gasteiger partial charge in [0.15, 0.2) is 23.3 Å². The smallest absolute Gasteiger partial charge is 0.167 e. The highest BCUT2D eigenvalue weighted by Gasteiger charge is 2.27. The van der Waals surface area contributed by atoms with Crippen LogP contribution in [0.1, 0.15) is 74.1 Å². The molecule has 0 saturated heterocycles. The number of hydrogen-bond acceptors (Lipinski definition) is 1. The lowest BCUT2D eigenvalue weighted by atomic mass is 9.82. The van der Waals surface area contributed by atoms with Crippen molar-refractivity contribution in [3.63, 3.8) is 0 Å². The SMILES string of the molecule is CCCc1ccc(C2CCC(OCc3ccc(-c4ccc(CC)cc4)c(F)c3F)CC2)c(F)c1F. The van der Waals surface area contributed by atoms with E-state index in [2.05, 4.69) is 0 Å². The molecule has 0 aromatic heterocycles. The summed E-state index contributed by atoms with van der Waals surface area (Å²) in [7, 11) is 0. The van der Waals surface area contributed by atoms with Gasteiger partial charge in [0.2, 0.25) is 0 Å². The molecule has 0 spiro atoms. The summed E-state index contributed by atoms with van der Waals surface area (Å²) in [6.45, 7) is 3.95. The van der Waals surface area contributed by atoms with E-state index in [1.54, 1.807) is 36.4 Å². The van der Waals surface area contributed by atoms with Crippen LogP contribution in [0, 0.1) is 23.3 Å². The summed E-state index contributed by atoms with van der Waals surface area (Å²) in [5.41, 5.74) is 3.03. The lowest BCUT2D eigenvalue weighted by Gasteiger charge is -2.29. The van der Waals surface area contributed by atoms with Crippen molar-refractivity contribution < 1.29 is 22.3 Å². The molecule has 0 bridgehead atoms. The summed E-state index contributed by atoms with van der Waals surface area (Å²) < 4.78 is 64.4. The average Bonchev–Trinajstić information content (AvgIpc) is 2.88. The largest absolute Gasteiger partial charge is 0.373 e. The van der Waals surface area contributed by atoms with E-state index in [0.29, 0.717) is 48.8 Å². The van der Waals surface area contributed by atoms with Crippen LogP contribution in [0.15, 0.2) is 48.5 Å². The number of benzene rings is 3. The fraction of sp³-hybridized carbons (Fsp3) is 0.400. The molecule has 186 valence electrons. The van der Waals surface area contributed by atoms with Gasteiger partial charge in [0.05, 0.1) is 12.7 Å². The third kappa shape index (κ3) is 5.61. The standard InChI is InChI=1S/C30H32F4O/c1-3-5-22-12-16-25(29(33)27(22)31)21-10-14-24(15-11-21)35-18-23-13-17-26(30(34)28(23)32)20-8-6-19(4-2)7-9-20/h6-9,12-13,16-17,21,24H,3-5,10-11,14-15,18H2,1-2H3. The van der Waals surface area contributed by atoms with Gasteiger partial charge in [-0.25, -0.2) is 17.6 Å². The Kier molecular flexibility index (Phi) is 8.27. The highest BCUT2D eigenvalue weighted by Crippen LogP contribution is 2.37. The molecule has 1 aliphatic carbocycles. The van der Waals surface area contributed by atoms with E-state index in [0.717, 1.165) is 18.4 Å². The number of ether oxygens (including phenoxy) is 1. The third-order valence-corrected chi connectivity index (χ3v) is 7.14. The molecule has 3 aromatic rings. The second-order valence-corrected chi connectivity index (χ2v) is 9.43. The first-order valence-electron chi connectivity index (χ1n) is 12.6. The van der Waals surface area contributed by atoms with Gasteiger partial charge in [0, 0.05) is 11.1 Å². The van der Waals surface area contributed by atoms with Crippen molar-refractivity contribution in [2.45, 2.75) is 77.4 Å². The Hall–Kier alpha value is -2.66. The highest BCUT2D eigenvalue weighted by molar-refractivity contribution is 5.65. The zero-order valence-corrected chi connectivity index (χ0v) is 20.4. The number of hydrogen-bond donors (Lipinski definition) is 0. The van der Waals surface area contributed by atoms with Crippen LogP contribution in [-0.4, -0.2) is 6.10 Å². The predicted molar refractivity (Wildman–Crippen MR) is 131 cm³/mol. The molecule has 4 rings (SSSR count). The molecule has 0 N–H and O–H groups in total. The summed E-state index contributed by atoms with van der Waals surface area (Å²) in [6.07, 6.45) is 4.69. The van der Waals surface area contributed by atoms with Crippen LogP contribution in [0.4, 0.5) is 17.6 Å². The van der Waals surface area contributed by atoms with Gasteiger partial charge in [-0.2, -0.15) is 0 Å². The van der Waals surface area contributed by atoms with E-state index in [1.807, 2.05) is 26.0 Å². The number of aryl methyl sites for hydroxylation is 2. The molecule has 35 heavy (non-hydrogen) atoms. The second kappa shape index (κ2) is 11.4. The van der Waals surface area contributed by atoms with Gasteiger partial charge in [-0.15, -0.1) is 0 Å². The van der Waals surface area contributed by atoms with Gasteiger partial charge >= 0.3 is 0 Å². The molecule has 0 unspecified atom stereocenters. The van der Waals surface area contributed by atoms with Gasteiger partial charge in [-0.05, 0) is 66.7 Å². The van der Waals surface area contributed by atoms with Crippen molar-refractivity contribution >= 4 is 0 Å². The van der Waals surface area contributed by atoms with Crippen molar-refractivity contribution in [2.75, 3.05) is 0 Å². The van der Waals surface area contributed by atoms with Crippen LogP contribution in [0.2, 0.25) is 0 Å². The van der Waals surface area contributed by atoms with E-state index in [4.69, 9.17) is 4.74 Å². The van der Waals surface area contributed by atoms with E-state index in [9.17, 15) is 17.6 Å². The van der Waals surface area contributed by atoms with E-state index >= 15 is 0 Å². The average molecular weight is 485 g/mol. The fourth-order valence-corrected chi connectivity index (χ4v) is 4.97. The molecular weight excluding hydrogens is 452 g/mol. The molecule has 0 heterocycles. The minimum Gasteiger partial charge on any atom is -0.373 e. The Labute approximate surface area is 205 Å². The van der Waals surface area contributed by atoms with E-state index < -0.39 is 23.3 Å². The van der Waals surface area contributed by atoms with Crippen LogP contribution in [0.5, 0.6) is 0 Å². The quantitative estimate of drug-likeness (QED) is 0.291.